The molecule has 2 N–H and O–H groups in total. The molecule has 0 saturated carbocycles. The van der Waals surface area contributed by atoms with E-state index < -0.39 is 0 Å². The lowest BCUT2D eigenvalue weighted by atomic mass is 10.0. The van der Waals surface area contributed by atoms with Gasteiger partial charge >= 0.3 is 5.97 Å². The standard InChI is InChI=1S/C7H13NO2/c1-2-5-3-6(4-8)10-7(5)9/h5-6H,2-4,8H2,1H3/t5?,6-/m0/s1. The van der Waals surface area contributed by atoms with E-state index in [4.69, 9.17) is 10.5 Å². The normalized spacial score (nSPS) is 32.4. The number of ether oxygens (including phenoxy) is 1. The second-order valence-electron chi connectivity index (χ2n) is 2.64. The number of carbonyl (C=O) groups is 1. The lowest BCUT2D eigenvalue weighted by Crippen LogP contribution is -2.18. The fourth-order valence-corrected chi connectivity index (χ4v) is 1.20. The minimum atomic E-state index is -0.0713. The Morgan fingerprint density at radius 3 is 2.80 bits per heavy atom. The molecular formula is C7H13NO2. The van der Waals surface area contributed by atoms with Crippen molar-refractivity contribution in [3.63, 3.8) is 0 Å². The van der Waals surface area contributed by atoms with Gasteiger partial charge in [0.15, 0.2) is 0 Å². The Morgan fingerprint density at radius 1 is 1.80 bits per heavy atom. The van der Waals surface area contributed by atoms with Crippen molar-refractivity contribution in [3.8, 4) is 0 Å². The van der Waals surface area contributed by atoms with Crippen molar-refractivity contribution in [1.29, 1.82) is 0 Å². The molecule has 0 bridgehead atoms. The Bertz CT molecular complexity index is 136. The molecular weight excluding hydrogens is 130 g/mol. The van der Waals surface area contributed by atoms with Crippen LogP contribution in [0.25, 0.3) is 0 Å². The van der Waals surface area contributed by atoms with E-state index in [2.05, 4.69) is 0 Å². The molecule has 0 aliphatic carbocycles. The molecule has 0 spiro atoms. The van der Waals surface area contributed by atoms with Crippen molar-refractivity contribution in [2.45, 2.75) is 25.9 Å². The Hall–Kier alpha value is -0.570. The summed E-state index contributed by atoms with van der Waals surface area (Å²) in [7, 11) is 0. The Morgan fingerprint density at radius 2 is 2.50 bits per heavy atom. The molecule has 1 saturated heterocycles. The fraction of sp³-hybridized carbons (Fsp3) is 0.857. The first kappa shape index (κ1) is 7.54. The van der Waals surface area contributed by atoms with Crippen molar-refractivity contribution < 1.29 is 9.53 Å². The highest BCUT2D eigenvalue weighted by Gasteiger charge is 2.31. The Kier molecular flexibility index (Phi) is 2.27. The maximum absolute atomic E-state index is 10.9. The van der Waals surface area contributed by atoms with Crippen LogP contribution < -0.4 is 5.73 Å². The van der Waals surface area contributed by atoms with Crippen molar-refractivity contribution >= 4 is 5.97 Å². The zero-order chi connectivity index (χ0) is 7.56. The van der Waals surface area contributed by atoms with Crippen molar-refractivity contribution in [3.05, 3.63) is 0 Å². The van der Waals surface area contributed by atoms with E-state index in [1.807, 2.05) is 6.92 Å². The summed E-state index contributed by atoms with van der Waals surface area (Å²) >= 11 is 0. The van der Waals surface area contributed by atoms with Crippen LogP contribution in [0.3, 0.4) is 0 Å². The molecule has 1 fully saturated rings. The summed E-state index contributed by atoms with van der Waals surface area (Å²) in [6.45, 7) is 2.45. The molecule has 10 heavy (non-hydrogen) atoms. The molecule has 1 unspecified atom stereocenters. The van der Waals surface area contributed by atoms with Gasteiger partial charge in [0.2, 0.25) is 0 Å². The monoisotopic (exact) mass is 143 g/mol. The molecule has 1 aliphatic rings. The van der Waals surface area contributed by atoms with Gasteiger partial charge in [0.05, 0.1) is 5.92 Å². The van der Waals surface area contributed by atoms with Gasteiger partial charge < -0.3 is 10.5 Å². The number of cyclic esters (lactones) is 1. The Balaban J connectivity index is 2.44. The van der Waals surface area contributed by atoms with Gasteiger partial charge in [-0.25, -0.2) is 0 Å². The quantitative estimate of drug-likeness (QED) is 0.565. The number of hydrogen-bond donors (Lipinski definition) is 1. The topological polar surface area (TPSA) is 52.3 Å². The van der Waals surface area contributed by atoms with Gasteiger partial charge in [0.25, 0.3) is 0 Å². The molecule has 0 radical (unpaired) electrons. The molecule has 1 rings (SSSR count). The van der Waals surface area contributed by atoms with Crippen LogP contribution in [0.15, 0.2) is 0 Å². The Labute approximate surface area is 60.5 Å². The zero-order valence-electron chi connectivity index (χ0n) is 6.17. The van der Waals surface area contributed by atoms with Crippen LogP contribution in [0.5, 0.6) is 0 Å². The van der Waals surface area contributed by atoms with E-state index in [-0.39, 0.29) is 18.0 Å². The maximum atomic E-state index is 10.9. The maximum Gasteiger partial charge on any atom is 0.309 e. The van der Waals surface area contributed by atoms with Gasteiger partial charge in [0.1, 0.15) is 6.10 Å². The summed E-state index contributed by atoms with van der Waals surface area (Å²) in [4.78, 5) is 10.9. The summed E-state index contributed by atoms with van der Waals surface area (Å²) in [5, 5.41) is 0. The third-order valence-corrected chi connectivity index (χ3v) is 1.92. The van der Waals surface area contributed by atoms with Gasteiger partial charge in [-0.3, -0.25) is 4.79 Å². The second kappa shape index (κ2) is 3.01. The number of esters is 1. The average molecular weight is 143 g/mol. The highest BCUT2D eigenvalue weighted by atomic mass is 16.6. The van der Waals surface area contributed by atoms with Crippen molar-refractivity contribution in [2.75, 3.05) is 6.54 Å². The molecule has 3 nitrogen and oxygen atoms in total. The zero-order valence-corrected chi connectivity index (χ0v) is 6.17. The van der Waals surface area contributed by atoms with Crippen molar-refractivity contribution in [2.24, 2.45) is 11.7 Å². The van der Waals surface area contributed by atoms with E-state index in [1.54, 1.807) is 0 Å². The van der Waals surface area contributed by atoms with E-state index in [0.29, 0.717) is 6.54 Å². The first-order valence-electron chi connectivity index (χ1n) is 3.68. The second-order valence-corrected chi connectivity index (χ2v) is 2.64. The highest BCUT2D eigenvalue weighted by molar-refractivity contribution is 5.74. The molecule has 2 atom stereocenters. The van der Waals surface area contributed by atoms with Gasteiger partial charge in [-0.05, 0) is 12.8 Å². The fourth-order valence-electron chi connectivity index (χ4n) is 1.20. The lowest BCUT2D eigenvalue weighted by molar-refractivity contribution is -0.144. The molecule has 0 aromatic rings. The van der Waals surface area contributed by atoms with Crippen LogP contribution in [-0.2, 0) is 9.53 Å². The minimum absolute atomic E-state index is 0.0163. The predicted molar refractivity (Wildman–Crippen MR) is 37.3 cm³/mol. The first-order chi connectivity index (χ1) is 4.77. The largest absolute Gasteiger partial charge is 0.461 e. The van der Waals surface area contributed by atoms with E-state index in [1.165, 1.54) is 0 Å². The minimum Gasteiger partial charge on any atom is -0.461 e. The predicted octanol–water partition coefficient (Wildman–Crippen LogP) is 0.287. The van der Waals surface area contributed by atoms with E-state index >= 15 is 0 Å². The summed E-state index contributed by atoms with van der Waals surface area (Å²) < 4.78 is 4.95. The van der Waals surface area contributed by atoms with Crippen LogP contribution in [0.4, 0.5) is 0 Å². The lowest BCUT2D eigenvalue weighted by Gasteiger charge is -2.01. The third-order valence-electron chi connectivity index (χ3n) is 1.92. The average Bonchev–Trinajstić information content (AvgIpc) is 2.30. The summed E-state index contributed by atoms with van der Waals surface area (Å²) in [5.74, 6) is 0.0338. The van der Waals surface area contributed by atoms with Gasteiger partial charge in [-0.2, -0.15) is 0 Å². The van der Waals surface area contributed by atoms with Gasteiger partial charge in [0, 0.05) is 6.54 Å². The smallest absolute Gasteiger partial charge is 0.309 e. The first-order valence-corrected chi connectivity index (χ1v) is 3.68. The van der Waals surface area contributed by atoms with Gasteiger partial charge in [-0.1, -0.05) is 6.92 Å². The molecule has 0 aromatic carbocycles. The number of rotatable bonds is 2. The number of hydrogen-bond acceptors (Lipinski definition) is 3. The number of carbonyl (C=O) groups excluding carboxylic acids is 1. The van der Waals surface area contributed by atoms with E-state index in [0.717, 1.165) is 12.8 Å². The van der Waals surface area contributed by atoms with Crippen LogP contribution in [0.1, 0.15) is 19.8 Å². The van der Waals surface area contributed by atoms with E-state index in [9.17, 15) is 4.79 Å². The number of nitrogens with two attached hydrogens (primary N) is 1. The third kappa shape index (κ3) is 1.29. The molecule has 1 aliphatic heterocycles. The van der Waals surface area contributed by atoms with Gasteiger partial charge in [-0.15, -0.1) is 0 Å². The highest BCUT2D eigenvalue weighted by Crippen LogP contribution is 2.22. The summed E-state index contributed by atoms with van der Waals surface area (Å²) in [6.07, 6.45) is 1.67. The molecule has 1 heterocycles. The van der Waals surface area contributed by atoms with Crippen LogP contribution in [0, 0.1) is 5.92 Å². The summed E-state index contributed by atoms with van der Waals surface area (Å²) in [6, 6.07) is 0. The van der Waals surface area contributed by atoms with Crippen LogP contribution in [-0.4, -0.2) is 18.6 Å². The van der Waals surface area contributed by atoms with Crippen molar-refractivity contribution in [1.82, 2.24) is 0 Å². The summed E-state index contributed by atoms with van der Waals surface area (Å²) in [5.41, 5.74) is 5.34. The molecule has 58 valence electrons. The van der Waals surface area contributed by atoms with Crippen LogP contribution >= 0.6 is 0 Å². The van der Waals surface area contributed by atoms with Crippen LogP contribution in [0.2, 0.25) is 0 Å². The molecule has 0 amide bonds. The molecule has 3 heteroatoms. The molecule has 0 aromatic heterocycles. The SMILES string of the molecule is CCC1C[C@@H](CN)OC1=O.